The highest BCUT2D eigenvalue weighted by atomic mass is 32.2. The summed E-state index contributed by atoms with van der Waals surface area (Å²) in [5, 5.41) is 9.79. The number of thiocarbonyl (C=S) groups is 1. The Morgan fingerprint density at radius 2 is 1.80 bits per heavy atom. The molecule has 1 amide bonds. The molecule has 0 aliphatic carbocycles. The van der Waals surface area contributed by atoms with Crippen LogP contribution in [0, 0.1) is 18.3 Å². The van der Waals surface area contributed by atoms with Crippen molar-refractivity contribution in [3.05, 3.63) is 67.8 Å². The first-order valence-corrected chi connectivity index (χ1v) is 13.4. The summed E-state index contributed by atoms with van der Waals surface area (Å²) in [6, 6.07) is 11.7. The fourth-order valence-electron chi connectivity index (χ4n) is 4.89. The van der Waals surface area contributed by atoms with Crippen molar-refractivity contribution in [3.8, 4) is 6.07 Å². The van der Waals surface area contributed by atoms with E-state index in [1.807, 2.05) is 50.3 Å². The van der Waals surface area contributed by atoms with E-state index in [1.54, 1.807) is 16.4 Å². The quantitative estimate of drug-likeness (QED) is 0.400. The predicted octanol–water partition coefficient (Wildman–Crippen LogP) is 5.39. The van der Waals surface area contributed by atoms with E-state index in [4.69, 9.17) is 12.2 Å². The number of benzene rings is 1. The van der Waals surface area contributed by atoms with Gasteiger partial charge in [-0.2, -0.15) is 5.26 Å². The molecule has 2 aromatic rings. The molecule has 182 valence electrons. The van der Waals surface area contributed by atoms with Gasteiger partial charge < -0.3 is 4.90 Å². The second-order valence-electron chi connectivity index (χ2n) is 8.94. The number of anilines is 1. The van der Waals surface area contributed by atoms with Gasteiger partial charge in [0.1, 0.15) is 21.8 Å². The molecule has 2 fully saturated rings. The van der Waals surface area contributed by atoms with Crippen molar-refractivity contribution in [2.45, 2.75) is 59.0 Å². The number of aromatic nitrogens is 1. The van der Waals surface area contributed by atoms with Gasteiger partial charge in [-0.3, -0.25) is 19.1 Å². The molecule has 4 rings (SSSR count). The van der Waals surface area contributed by atoms with Gasteiger partial charge in [0.2, 0.25) is 0 Å². The zero-order valence-corrected chi connectivity index (χ0v) is 22.0. The molecule has 8 heteroatoms. The van der Waals surface area contributed by atoms with Crippen LogP contribution < -0.4 is 10.5 Å². The monoisotopic (exact) mass is 506 g/mol. The lowest BCUT2D eigenvalue weighted by atomic mass is 10.0. The third-order valence-corrected chi connectivity index (χ3v) is 8.17. The summed E-state index contributed by atoms with van der Waals surface area (Å²) in [6.45, 7) is 7.84. The Hall–Kier alpha value is -2.89. The zero-order valence-electron chi connectivity index (χ0n) is 20.4. The molecule has 2 saturated heterocycles. The van der Waals surface area contributed by atoms with Crippen LogP contribution in [0.15, 0.2) is 40.0 Å². The first-order chi connectivity index (χ1) is 16.9. The maximum absolute atomic E-state index is 13.6. The van der Waals surface area contributed by atoms with Crippen molar-refractivity contribution in [1.82, 2.24) is 9.47 Å². The minimum Gasteiger partial charge on any atom is -0.357 e. The van der Waals surface area contributed by atoms with E-state index in [1.165, 1.54) is 11.8 Å². The van der Waals surface area contributed by atoms with Gasteiger partial charge in [0.15, 0.2) is 0 Å². The molecule has 1 atom stereocenters. The number of hydrogen-bond acceptors (Lipinski definition) is 6. The summed E-state index contributed by atoms with van der Waals surface area (Å²) in [4.78, 5) is 31.2. The van der Waals surface area contributed by atoms with Crippen LogP contribution in [-0.4, -0.2) is 32.8 Å². The van der Waals surface area contributed by atoms with Crippen molar-refractivity contribution in [3.63, 3.8) is 0 Å². The molecule has 3 heterocycles. The van der Waals surface area contributed by atoms with Crippen LogP contribution in [-0.2, 0) is 11.3 Å². The van der Waals surface area contributed by atoms with Crippen LogP contribution in [0.5, 0.6) is 0 Å². The molecule has 0 bridgehead atoms. The van der Waals surface area contributed by atoms with Crippen molar-refractivity contribution in [2.24, 2.45) is 0 Å². The second-order valence-corrected chi connectivity index (χ2v) is 10.6. The lowest BCUT2D eigenvalue weighted by Crippen LogP contribution is -2.35. The van der Waals surface area contributed by atoms with Crippen LogP contribution >= 0.6 is 24.0 Å². The summed E-state index contributed by atoms with van der Waals surface area (Å²) < 4.78 is 2.20. The Morgan fingerprint density at radius 1 is 1.14 bits per heavy atom. The van der Waals surface area contributed by atoms with E-state index in [9.17, 15) is 14.9 Å². The summed E-state index contributed by atoms with van der Waals surface area (Å²) in [7, 11) is 0. The van der Waals surface area contributed by atoms with Gasteiger partial charge in [0, 0.05) is 25.2 Å². The summed E-state index contributed by atoms with van der Waals surface area (Å²) >= 11 is 6.90. The number of rotatable bonds is 5. The van der Waals surface area contributed by atoms with Gasteiger partial charge in [-0.15, -0.1) is 0 Å². The normalized spacial score (nSPS) is 18.6. The molecular weight excluding hydrogens is 476 g/mol. The molecule has 1 aromatic carbocycles. The molecule has 6 nitrogen and oxygen atoms in total. The maximum atomic E-state index is 13.6. The highest BCUT2D eigenvalue weighted by Gasteiger charge is 2.36. The molecular formula is C27H30N4O2S2. The molecule has 0 spiro atoms. The number of amides is 1. The average Bonchev–Trinajstić information content (AvgIpc) is 3.02. The van der Waals surface area contributed by atoms with Gasteiger partial charge in [-0.1, -0.05) is 67.2 Å². The van der Waals surface area contributed by atoms with Crippen molar-refractivity contribution < 1.29 is 4.79 Å². The Labute approximate surface area is 216 Å². The van der Waals surface area contributed by atoms with Crippen molar-refractivity contribution in [1.29, 1.82) is 5.26 Å². The lowest BCUT2D eigenvalue weighted by Gasteiger charge is -2.29. The predicted molar refractivity (Wildman–Crippen MR) is 146 cm³/mol. The molecule has 0 radical (unpaired) electrons. The topological polar surface area (TPSA) is 69.3 Å². The number of nitrogens with zero attached hydrogens (tertiary/aromatic N) is 4. The van der Waals surface area contributed by atoms with Crippen LogP contribution in [0.4, 0.5) is 5.82 Å². The fraction of sp³-hybridized carbons (Fsp3) is 0.407. The third-order valence-electron chi connectivity index (χ3n) is 6.84. The Balaban J connectivity index is 1.84. The molecule has 0 N–H and O–H groups in total. The van der Waals surface area contributed by atoms with E-state index in [-0.39, 0.29) is 23.1 Å². The average molecular weight is 507 g/mol. The fourth-order valence-corrected chi connectivity index (χ4v) is 6.29. The van der Waals surface area contributed by atoms with Crippen LogP contribution in [0.2, 0.25) is 0 Å². The number of carbonyl (C=O) groups excluding carboxylic acids is 1. The number of pyridine rings is 1. The SMILES string of the molecule is CCn1c(N2CCCCCC2)c(/C=C2/SC(=S)N(C(C)c3ccccc3)C2=O)c(C)c(C#N)c1=O. The summed E-state index contributed by atoms with van der Waals surface area (Å²) in [5.74, 6) is 0.655. The van der Waals surface area contributed by atoms with Crippen LogP contribution in [0.1, 0.15) is 67.8 Å². The Kier molecular flexibility index (Phi) is 7.78. The lowest BCUT2D eigenvalue weighted by molar-refractivity contribution is -0.123. The summed E-state index contributed by atoms with van der Waals surface area (Å²) in [6.07, 6.45) is 6.26. The van der Waals surface area contributed by atoms with E-state index >= 15 is 0 Å². The Bertz CT molecular complexity index is 1270. The number of hydrogen-bond donors (Lipinski definition) is 0. The van der Waals surface area contributed by atoms with E-state index < -0.39 is 0 Å². The maximum Gasteiger partial charge on any atom is 0.270 e. The zero-order chi connectivity index (χ0) is 25.1. The van der Waals surface area contributed by atoms with E-state index in [2.05, 4.69) is 11.0 Å². The molecule has 1 unspecified atom stereocenters. The van der Waals surface area contributed by atoms with Crippen LogP contribution in [0.25, 0.3) is 6.08 Å². The van der Waals surface area contributed by atoms with Crippen molar-refractivity contribution >= 4 is 46.1 Å². The Morgan fingerprint density at radius 3 is 2.40 bits per heavy atom. The largest absolute Gasteiger partial charge is 0.357 e. The number of thioether (sulfide) groups is 1. The standard InChI is InChI=1S/C27H30N4O2S2/c1-4-30-24(29-14-10-5-6-11-15-29)21(18(2)22(17-28)25(30)32)16-23-26(33)31(27(34)35-23)19(3)20-12-8-7-9-13-20/h7-9,12-13,16,19H,4-6,10-11,14-15H2,1-3H3/b23-16+. The highest BCUT2D eigenvalue weighted by Crippen LogP contribution is 2.40. The minimum absolute atomic E-state index is 0.129. The highest BCUT2D eigenvalue weighted by molar-refractivity contribution is 8.26. The third kappa shape index (κ3) is 4.80. The van der Waals surface area contributed by atoms with Gasteiger partial charge >= 0.3 is 0 Å². The number of nitriles is 1. The molecule has 35 heavy (non-hydrogen) atoms. The van der Waals surface area contributed by atoms with Crippen LogP contribution in [0.3, 0.4) is 0 Å². The number of carbonyl (C=O) groups is 1. The van der Waals surface area contributed by atoms with Crippen molar-refractivity contribution in [2.75, 3.05) is 18.0 Å². The first kappa shape index (κ1) is 25.2. The summed E-state index contributed by atoms with van der Waals surface area (Å²) in [5.41, 5.74) is 2.25. The second kappa shape index (κ2) is 10.8. The van der Waals surface area contributed by atoms with Gasteiger partial charge in [-0.25, -0.2) is 0 Å². The first-order valence-electron chi connectivity index (χ1n) is 12.1. The molecule has 1 aromatic heterocycles. The van der Waals surface area contributed by atoms with Gasteiger partial charge in [0.05, 0.1) is 10.9 Å². The van der Waals surface area contributed by atoms with E-state index in [0.717, 1.165) is 55.7 Å². The van der Waals surface area contributed by atoms with E-state index in [0.29, 0.717) is 21.3 Å². The minimum atomic E-state index is -0.269. The smallest absolute Gasteiger partial charge is 0.270 e. The van der Waals surface area contributed by atoms with Gasteiger partial charge in [-0.05, 0) is 50.8 Å². The molecule has 2 aliphatic rings. The van der Waals surface area contributed by atoms with Gasteiger partial charge in [0.25, 0.3) is 11.5 Å². The molecule has 0 saturated carbocycles. The molecule has 2 aliphatic heterocycles.